The van der Waals surface area contributed by atoms with Crippen molar-refractivity contribution in [1.82, 2.24) is 0 Å². The number of carbonyl (C=O) groups is 2. The minimum absolute atomic E-state index is 0.200. The highest BCUT2D eigenvalue weighted by atomic mass is 16.6. The summed E-state index contributed by atoms with van der Waals surface area (Å²) in [6.45, 7) is 6.05. The van der Waals surface area contributed by atoms with Crippen LogP contribution in [0, 0.1) is 39.9 Å². The quantitative estimate of drug-likeness (QED) is 0.565. The largest absolute Gasteiger partial charge is 0.481 e. The van der Waals surface area contributed by atoms with Gasteiger partial charge in [0.1, 0.15) is 5.60 Å². The third-order valence-corrected chi connectivity index (χ3v) is 9.38. The Kier molecular flexibility index (Phi) is 1.92. The first kappa shape index (κ1) is 13.9. The summed E-state index contributed by atoms with van der Waals surface area (Å²) < 4.78 is 6.10. The summed E-state index contributed by atoms with van der Waals surface area (Å²) in [6.07, 6.45) is 3.18. The van der Waals surface area contributed by atoms with Gasteiger partial charge in [-0.25, -0.2) is 0 Å². The number of carboxylic acid groups (broad SMARTS) is 1. The molecule has 1 heterocycles. The van der Waals surface area contributed by atoms with E-state index in [2.05, 4.69) is 6.58 Å². The second-order valence-electron chi connectivity index (χ2n) is 9.37. The summed E-state index contributed by atoms with van der Waals surface area (Å²) >= 11 is 0. The van der Waals surface area contributed by atoms with Crippen molar-refractivity contribution in [2.75, 3.05) is 0 Å². The number of carboxylic acids is 1. The smallest absolute Gasteiger partial charge is 0.315 e. The summed E-state index contributed by atoms with van der Waals surface area (Å²) in [5, 5.41) is 20.8. The van der Waals surface area contributed by atoms with Crippen LogP contribution in [0.3, 0.4) is 0 Å². The molecule has 6 saturated carbocycles. The Morgan fingerprint density at radius 1 is 1.33 bits per heavy atom. The molecule has 2 N–H and O–H groups in total. The molecule has 0 unspecified atom stereocenters. The second-order valence-corrected chi connectivity index (χ2v) is 9.37. The summed E-state index contributed by atoms with van der Waals surface area (Å²) in [4.78, 5) is 25.2. The lowest BCUT2D eigenvalue weighted by molar-refractivity contribution is -0.161. The predicted molar refractivity (Wildman–Crippen MR) is 81.6 cm³/mol. The van der Waals surface area contributed by atoms with Crippen molar-refractivity contribution >= 4 is 11.9 Å². The van der Waals surface area contributed by atoms with Gasteiger partial charge in [-0.05, 0) is 50.9 Å². The van der Waals surface area contributed by atoms with E-state index in [4.69, 9.17) is 4.74 Å². The van der Waals surface area contributed by atoms with Crippen molar-refractivity contribution in [2.45, 2.75) is 50.7 Å². The topological polar surface area (TPSA) is 83.8 Å². The molecular weight excluding hydrogens is 308 g/mol. The zero-order chi connectivity index (χ0) is 16.9. The molecule has 6 bridgehead atoms. The maximum atomic E-state index is 12.8. The SMILES string of the molecule is C=C1[C@@H]2CC[C@]34[C@H]1[C@@]3(C2)[C@@H](C(=O)O)[C@@H]1[C@@]2(C)C(=O)O[C@]14CC[C@@H]2O. The number of allylic oxidation sites excluding steroid dienone is 1. The third-order valence-electron chi connectivity index (χ3n) is 9.38. The van der Waals surface area contributed by atoms with Crippen LogP contribution in [0.2, 0.25) is 0 Å². The molecule has 7 aliphatic rings. The van der Waals surface area contributed by atoms with Crippen molar-refractivity contribution in [1.29, 1.82) is 0 Å². The number of aliphatic hydroxyl groups is 1. The molecule has 1 saturated heterocycles. The molecule has 0 radical (unpaired) electrons. The van der Waals surface area contributed by atoms with Crippen LogP contribution in [0.5, 0.6) is 0 Å². The third kappa shape index (κ3) is 0.889. The number of hydrogen-bond acceptors (Lipinski definition) is 4. The van der Waals surface area contributed by atoms with Gasteiger partial charge in [0.25, 0.3) is 0 Å². The highest BCUT2D eigenvalue weighted by Crippen LogP contribution is 2.98. The van der Waals surface area contributed by atoms with Crippen LogP contribution in [0.25, 0.3) is 0 Å². The molecule has 7 fully saturated rings. The van der Waals surface area contributed by atoms with Crippen molar-refractivity contribution in [3.8, 4) is 0 Å². The van der Waals surface area contributed by atoms with Crippen molar-refractivity contribution < 1.29 is 24.5 Å². The average Bonchev–Trinajstić information content (AvgIpc) is 2.90. The molecule has 0 aromatic heterocycles. The van der Waals surface area contributed by atoms with Gasteiger partial charge in [-0.3, -0.25) is 9.59 Å². The summed E-state index contributed by atoms with van der Waals surface area (Å²) in [7, 11) is 0. The van der Waals surface area contributed by atoms with Crippen LogP contribution >= 0.6 is 0 Å². The van der Waals surface area contributed by atoms with Crippen molar-refractivity contribution in [3.05, 3.63) is 12.2 Å². The fourth-order valence-electron chi connectivity index (χ4n) is 8.87. The number of aliphatic carboxylic acids is 1. The molecule has 0 aromatic carbocycles. The number of ether oxygens (including phenoxy) is 1. The first-order valence-corrected chi connectivity index (χ1v) is 9.12. The number of aliphatic hydroxyl groups excluding tert-OH is 1. The monoisotopic (exact) mass is 330 g/mol. The Hall–Kier alpha value is -1.36. The van der Waals surface area contributed by atoms with Gasteiger partial charge in [-0.15, -0.1) is 0 Å². The molecule has 9 atom stereocenters. The molecule has 1 aliphatic heterocycles. The molecule has 7 rings (SSSR count). The van der Waals surface area contributed by atoms with Gasteiger partial charge in [0.05, 0.1) is 17.4 Å². The zero-order valence-electron chi connectivity index (χ0n) is 13.7. The number of carbonyl (C=O) groups excluding carboxylic acids is 1. The van der Waals surface area contributed by atoms with Gasteiger partial charge in [0.2, 0.25) is 0 Å². The normalized spacial score (nSPS) is 64.5. The van der Waals surface area contributed by atoms with Crippen LogP contribution in [-0.2, 0) is 14.3 Å². The van der Waals surface area contributed by atoms with E-state index >= 15 is 0 Å². The molecular formula is C19H22O5. The number of fused-ring (bicyclic) bond motifs is 1. The van der Waals surface area contributed by atoms with Crippen LogP contribution < -0.4 is 0 Å². The van der Waals surface area contributed by atoms with E-state index in [9.17, 15) is 19.8 Å². The lowest BCUT2D eigenvalue weighted by atomic mass is 9.54. The van der Waals surface area contributed by atoms with Gasteiger partial charge in [-0.1, -0.05) is 12.2 Å². The van der Waals surface area contributed by atoms with E-state index in [1.54, 1.807) is 6.92 Å². The highest BCUT2D eigenvalue weighted by Gasteiger charge is 3.01. The van der Waals surface area contributed by atoms with E-state index in [0.29, 0.717) is 18.8 Å². The molecule has 5 heteroatoms. The molecule has 5 nitrogen and oxygen atoms in total. The average molecular weight is 330 g/mol. The first-order valence-electron chi connectivity index (χ1n) is 9.12. The fraction of sp³-hybridized carbons (Fsp3) is 0.789. The van der Waals surface area contributed by atoms with E-state index in [1.807, 2.05) is 0 Å². The minimum atomic E-state index is -1.08. The Morgan fingerprint density at radius 2 is 2.08 bits per heavy atom. The van der Waals surface area contributed by atoms with Crippen molar-refractivity contribution in [3.63, 3.8) is 0 Å². The minimum Gasteiger partial charge on any atom is -0.481 e. The van der Waals surface area contributed by atoms with E-state index < -0.39 is 34.9 Å². The summed E-state index contributed by atoms with van der Waals surface area (Å²) in [5.41, 5.74) is -1.08. The highest BCUT2D eigenvalue weighted by molar-refractivity contribution is 5.87. The van der Waals surface area contributed by atoms with Gasteiger partial charge in [-0.2, -0.15) is 0 Å². The predicted octanol–water partition coefficient (Wildman–Crippen LogP) is 1.75. The lowest BCUT2D eigenvalue weighted by Gasteiger charge is -2.48. The number of hydrogen-bond donors (Lipinski definition) is 2. The molecule has 6 aliphatic carbocycles. The maximum Gasteiger partial charge on any atom is 0.315 e. The Morgan fingerprint density at radius 3 is 2.79 bits per heavy atom. The lowest BCUT2D eigenvalue weighted by Crippen LogP contribution is -2.56. The fourth-order valence-corrected chi connectivity index (χ4v) is 8.87. The Balaban J connectivity index is 1.66. The van der Waals surface area contributed by atoms with Crippen LogP contribution in [0.4, 0.5) is 0 Å². The van der Waals surface area contributed by atoms with E-state index in [-0.39, 0.29) is 22.7 Å². The number of rotatable bonds is 1. The van der Waals surface area contributed by atoms with Gasteiger partial charge in [0.15, 0.2) is 0 Å². The maximum absolute atomic E-state index is 12.8. The van der Waals surface area contributed by atoms with Gasteiger partial charge < -0.3 is 14.9 Å². The first-order chi connectivity index (χ1) is 11.3. The van der Waals surface area contributed by atoms with Crippen molar-refractivity contribution in [2.24, 2.45) is 39.9 Å². The van der Waals surface area contributed by atoms with Crippen LogP contribution in [0.15, 0.2) is 12.2 Å². The van der Waals surface area contributed by atoms with Gasteiger partial charge >= 0.3 is 11.9 Å². The molecule has 128 valence electrons. The second kappa shape index (κ2) is 3.33. The Labute approximate surface area is 140 Å². The molecule has 0 aromatic rings. The number of esters is 1. The standard InChI is InChI=1S/C19H22O5/c1-8-9-3-5-18-12(8)17(18,7-9)11(14(21)22)13-16(2)10(20)4-6-19(13,18)24-15(16)23/h9-13,20H,1,3-7H2,2H3,(H,21,22)/t9-,10+,11-,12-,13-,16+,17-,18+,19-/m1/s1. The summed E-state index contributed by atoms with van der Waals surface area (Å²) in [5.74, 6) is -1.57. The van der Waals surface area contributed by atoms with Gasteiger partial charge in [0, 0.05) is 16.7 Å². The molecule has 0 amide bonds. The Bertz CT molecular complexity index is 759. The van der Waals surface area contributed by atoms with E-state index in [0.717, 1.165) is 19.3 Å². The molecule has 24 heavy (non-hydrogen) atoms. The summed E-state index contributed by atoms with van der Waals surface area (Å²) in [6, 6.07) is 0. The van der Waals surface area contributed by atoms with E-state index in [1.165, 1.54) is 5.57 Å². The zero-order valence-corrected chi connectivity index (χ0v) is 13.7. The molecule has 2 spiro atoms. The van der Waals surface area contributed by atoms with Crippen LogP contribution in [0.1, 0.15) is 39.0 Å². The van der Waals surface area contributed by atoms with Crippen LogP contribution in [-0.4, -0.2) is 33.9 Å².